The van der Waals surface area contributed by atoms with Crippen LogP contribution in [0.3, 0.4) is 0 Å². The topological polar surface area (TPSA) is 88.2 Å². The molecule has 4 amide bonds. The highest BCUT2D eigenvalue weighted by atomic mass is 16.7. The van der Waals surface area contributed by atoms with Gasteiger partial charge in [-0.05, 0) is 52.3 Å². The monoisotopic (exact) mass is 375 g/mol. The Morgan fingerprint density at radius 2 is 1.81 bits per heavy atom. The number of fused-ring (bicyclic) bond motifs is 1. The molecule has 2 heterocycles. The van der Waals surface area contributed by atoms with E-state index in [0.717, 1.165) is 4.90 Å². The molecule has 1 N–H and O–H groups in total. The first-order valence-electron chi connectivity index (χ1n) is 9.00. The van der Waals surface area contributed by atoms with E-state index in [9.17, 15) is 14.4 Å². The third-order valence-electron chi connectivity index (χ3n) is 4.92. The maximum absolute atomic E-state index is 13.0. The summed E-state index contributed by atoms with van der Waals surface area (Å²) in [4.78, 5) is 40.8. The van der Waals surface area contributed by atoms with Crippen LogP contribution in [0, 0.1) is 0 Å². The normalized spacial score (nSPS) is 21.2. The lowest BCUT2D eigenvalue weighted by Gasteiger charge is -2.32. The van der Waals surface area contributed by atoms with E-state index in [1.54, 1.807) is 30.0 Å². The minimum absolute atomic E-state index is 0.0292. The smallest absolute Gasteiger partial charge is 0.325 e. The van der Waals surface area contributed by atoms with Crippen molar-refractivity contribution >= 4 is 17.8 Å². The molecule has 3 rings (SSSR count). The highest BCUT2D eigenvalue weighted by molar-refractivity contribution is 6.09. The summed E-state index contributed by atoms with van der Waals surface area (Å²) in [6, 6.07) is 4.46. The maximum atomic E-state index is 13.0. The van der Waals surface area contributed by atoms with E-state index in [1.165, 1.54) is 0 Å². The summed E-state index contributed by atoms with van der Waals surface area (Å²) in [6.45, 7) is 9.07. The van der Waals surface area contributed by atoms with Crippen LogP contribution in [0.15, 0.2) is 18.2 Å². The molecular weight excluding hydrogens is 350 g/mol. The Morgan fingerprint density at radius 3 is 2.44 bits per heavy atom. The van der Waals surface area contributed by atoms with Crippen LogP contribution in [-0.4, -0.2) is 53.1 Å². The molecule has 0 bridgehead atoms. The van der Waals surface area contributed by atoms with Crippen molar-refractivity contribution in [2.75, 3.05) is 13.3 Å². The van der Waals surface area contributed by atoms with E-state index in [2.05, 4.69) is 5.32 Å². The second kappa shape index (κ2) is 6.75. The second-order valence-electron chi connectivity index (χ2n) is 7.50. The minimum Gasteiger partial charge on any atom is -0.454 e. The summed E-state index contributed by atoms with van der Waals surface area (Å²) in [7, 11) is 0. The molecule has 1 aromatic rings. The van der Waals surface area contributed by atoms with Gasteiger partial charge in [-0.15, -0.1) is 0 Å². The quantitative estimate of drug-likeness (QED) is 0.793. The van der Waals surface area contributed by atoms with Gasteiger partial charge in [0.2, 0.25) is 12.7 Å². The molecule has 8 nitrogen and oxygen atoms in total. The van der Waals surface area contributed by atoms with Crippen molar-refractivity contribution in [1.82, 2.24) is 15.1 Å². The lowest BCUT2D eigenvalue weighted by molar-refractivity contribution is -0.141. The Balaban J connectivity index is 1.83. The van der Waals surface area contributed by atoms with Gasteiger partial charge >= 0.3 is 6.03 Å². The van der Waals surface area contributed by atoms with Gasteiger partial charge in [0.25, 0.3) is 5.91 Å². The molecule has 27 heavy (non-hydrogen) atoms. The molecule has 0 spiro atoms. The molecule has 1 atom stereocenters. The number of urea groups is 1. The van der Waals surface area contributed by atoms with Crippen LogP contribution < -0.4 is 14.8 Å². The molecule has 0 aliphatic carbocycles. The number of nitrogens with zero attached hydrogens (tertiary/aromatic N) is 2. The van der Waals surface area contributed by atoms with Gasteiger partial charge in [0.1, 0.15) is 12.1 Å². The lowest BCUT2D eigenvalue weighted by atomic mass is 9.91. The molecule has 0 unspecified atom stereocenters. The van der Waals surface area contributed by atoms with Gasteiger partial charge in [-0.2, -0.15) is 0 Å². The molecule has 0 aromatic heterocycles. The Hall–Kier alpha value is -2.77. The largest absolute Gasteiger partial charge is 0.454 e. The van der Waals surface area contributed by atoms with Crippen LogP contribution in [0.4, 0.5) is 4.79 Å². The predicted molar refractivity (Wildman–Crippen MR) is 97.3 cm³/mol. The summed E-state index contributed by atoms with van der Waals surface area (Å²) >= 11 is 0. The molecule has 2 aliphatic heterocycles. The number of nitrogens with one attached hydrogen (secondary N) is 1. The van der Waals surface area contributed by atoms with Gasteiger partial charge in [0, 0.05) is 12.1 Å². The molecule has 8 heteroatoms. The Morgan fingerprint density at radius 1 is 1.19 bits per heavy atom. The molecule has 146 valence electrons. The van der Waals surface area contributed by atoms with Gasteiger partial charge < -0.3 is 19.7 Å². The van der Waals surface area contributed by atoms with Crippen molar-refractivity contribution in [2.24, 2.45) is 0 Å². The third kappa shape index (κ3) is 3.20. The molecule has 0 radical (unpaired) electrons. The SMILES string of the molecule is CC(C)N(C(=O)CN1C(=O)N[C@](C)(c2ccc3c(c2)OCO3)C1=O)C(C)C. The van der Waals surface area contributed by atoms with Crippen LogP contribution in [0.2, 0.25) is 0 Å². The van der Waals surface area contributed by atoms with Gasteiger partial charge in [-0.25, -0.2) is 4.79 Å². The van der Waals surface area contributed by atoms with E-state index in [0.29, 0.717) is 17.1 Å². The summed E-state index contributed by atoms with van der Waals surface area (Å²) < 4.78 is 10.6. The number of ether oxygens (including phenoxy) is 2. The zero-order valence-corrected chi connectivity index (χ0v) is 16.2. The Kier molecular flexibility index (Phi) is 4.75. The van der Waals surface area contributed by atoms with Crippen molar-refractivity contribution in [2.45, 2.75) is 52.2 Å². The van der Waals surface area contributed by atoms with E-state index < -0.39 is 17.5 Å². The summed E-state index contributed by atoms with van der Waals surface area (Å²) in [5.74, 6) is 0.386. The molecule has 1 saturated heterocycles. The summed E-state index contributed by atoms with van der Waals surface area (Å²) in [5, 5.41) is 2.71. The summed E-state index contributed by atoms with van der Waals surface area (Å²) in [5.41, 5.74) is -0.691. The van der Waals surface area contributed by atoms with E-state index in [-0.39, 0.29) is 31.3 Å². The molecule has 2 aliphatic rings. The number of imide groups is 1. The van der Waals surface area contributed by atoms with Gasteiger partial charge in [0.15, 0.2) is 11.5 Å². The van der Waals surface area contributed by atoms with Crippen molar-refractivity contribution < 1.29 is 23.9 Å². The number of hydrogen-bond donors (Lipinski definition) is 1. The first kappa shape index (κ1) is 19.0. The predicted octanol–water partition coefficient (Wildman–Crippen LogP) is 1.83. The first-order chi connectivity index (χ1) is 12.6. The van der Waals surface area contributed by atoms with Crippen molar-refractivity contribution in [1.29, 1.82) is 0 Å². The molecule has 1 aromatic carbocycles. The van der Waals surface area contributed by atoms with Gasteiger partial charge in [-0.3, -0.25) is 14.5 Å². The second-order valence-corrected chi connectivity index (χ2v) is 7.50. The standard InChI is InChI=1S/C19H25N3O5/c1-11(2)22(12(3)4)16(23)9-21-17(24)19(5,20-18(21)25)13-6-7-14-15(8-13)27-10-26-14/h6-8,11-12H,9-10H2,1-5H3,(H,20,25)/t19-/m1/s1. The minimum atomic E-state index is -1.27. The third-order valence-corrected chi connectivity index (χ3v) is 4.92. The highest BCUT2D eigenvalue weighted by Gasteiger charge is 2.50. The average molecular weight is 375 g/mol. The lowest BCUT2D eigenvalue weighted by Crippen LogP contribution is -2.49. The van der Waals surface area contributed by atoms with Crippen LogP contribution in [0.25, 0.3) is 0 Å². The van der Waals surface area contributed by atoms with E-state index in [1.807, 2.05) is 27.7 Å². The van der Waals surface area contributed by atoms with Crippen LogP contribution in [0.5, 0.6) is 11.5 Å². The molecule has 0 saturated carbocycles. The van der Waals surface area contributed by atoms with Gasteiger partial charge in [-0.1, -0.05) is 6.07 Å². The number of carbonyl (C=O) groups excluding carboxylic acids is 3. The van der Waals surface area contributed by atoms with Crippen molar-refractivity contribution in [3.8, 4) is 11.5 Å². The zero-order chi connectivity index (χ0) is 19.9. The average Bonchev–Trinajstić information content (AvgIpc) is 3.12. The number of amides is 4. The maximum Gasteiger partial charge on any atom is 0.325 e. The van der Waals surface area contributed by atoms with Crippen molar-refractivity contribution in [3.63, 3.8) is 0 Å². The van der Waals surface area contributed by atoms with Gasteiger partial charge in [0.05, 0.1) is 0 Å². The van der Waals surface area contributed by atoms with Crippen LogP contribution >= 0.6 is 0 Å². The molecule has 1 fully saturated rings. The van der Waals surface area contributed by atoms with E-state index in [4.69, 9.17) is 9.47 Å². The number of carbonyl (C=O) groups is 3. The number of hydrogen-bond acceptors (Lipinski definition) is 5. The van der Waals surface area contributed by atoms with Crippen molar-refractivity contribution in [3.05, 3.63) is 23.8 Å². The number of benzene rings is 1. The van der Waals surface area contributed by atoms with Crippen LogP contribution in [-0.2, 0) is 15.1 Å². The fourth-order valence-corrected chi connectivity index (χ4v) is 3.63. The van der Waals surface area contributed by atoms with Crippen LogP contribution in [0.1, 0.15) is 40.2 Å². The fraction of sp³-hybridized carbons (Fsp3) is 0.526. The fourth-order valence-electron chi connectivity index (χ4n) is 3.63. The zero-order valence-electron chi connectivity index (χ0n) is 16.2. The highest BCUT2D eigenvalue weighted by Crippen LogP contribution is 2.37. The molecular formula is C19H25N3O5. The Labute approximate surface area is 158 Å². The Bertz CT molecular complexity index is 784. The number of rotatable bonds is 5. The van der Waals surface area contributed by atoms with E-state index >= 15 is 0 Å². The first-order valence-corrected chi connectivity index (χ1v) is 9.00. The summed E-state index contributed by atoms with van der Waals surface area (Å²) in [6.07, 6.45) is 0.